The molecule has 0 amide bonds. The monoisotopic (exact) mass is 479 g/mol. The highest BCUT2D eigenvalue weighted by atomic mass is 35.5. The zero-order chi connectivity index (χ0) is 21.5. The molecular formula is C16H24Cl2N7O4P. The van der Waals surface area contributed by atoms with Gasteiger partial charge in [0.05, 0.1) is 19.0 Å². The molecule has 11 nitrogen and oxygen atoms in total. The molecule has 30 heavy (non-hydrogen) atoms. The molecule has 166 valence electrons. The summed E-state index contributed by atoms with van der Waals surface area (Å²) in [5.74, 6) is 1.22. The van der Waals surface area contributed by atoms with Gasteiger partial charge in [0, 0.05) is 38.9 Å². The summed E-state index contributed by atoms with van der Waals surface area (Å²) in [6.07, 6.45) is 1.12. The largest absolute Gasteiger partial charge is 0.394 e. The van der Waals surface area contributed by atoms with Crippen LogP contribution in [-0.2, 0) is 13.8 Å². The average Bonchev–Trinajstić information content (AvgIpc) is 3.39. The molecule has 14 heteroatoms. The fourth-order valence-corrected chi connectivity index (χ4v) is 6.82. The van der Waals surface area contributed by atoms with Crippen LogP contribution in [-0.4, -0.2) is 93.1 Å². The number of ether oxygens (including phenoxy) is 1. The molecule has 0 saturated carbocycles. The lowest BCUT2D eigenvalue weighted by Crippen LogP contribution is -2.39. The molecule has 2 aliphatic rings. The number of alkyl halides is 2. The molecule has 2 N–H and O–H groups in total. The number of aliphatic hydroxyl groups excluding tert-OH is 1. The van der Waals surface area contributed by atoms with E-state index in [0.717, 1.165) is 0 Å². The summed E-state index contributed by atoms with van der Waals surface area (Å²) >= 11 is 11.8. The molecule has 5 unspecified atom stereocenters. The Morgan fingerprint density at radius 2 is 2.00 bits per heavy atom. The number of nitrogens with zero attached hydrogens (tertiary/aromatic N) is 6. The van der Waals surface area contributed by atoms with Gasteiger partial charge in [0.15, 0.2) is 23.2 Å². The molecule has 0 bridgehead atoms. The lowest BCUT2D eigenvalue weighted by atomic mass is 10.1. The van der Waals surface area contributed by atoms with Crippen molar-refractivity contribution in [2.24, 2.45) is 0 Å². The first-order chi connectivity index (χ1) is 14.4. The van der Waals surface area contributed by atoms with Crippen LogP contribution < -0.4 is 9.99 Å². The number of rotatable bonds is 8. The molecule has 4 heterocycles. The van der Waals surface area contributed by atoms with E-state index in [9.17, 15) is 9.67 Å². The van der Waals surface area contributed by atoms with E-state index in [1.54, 1.807) is 15.6 Å². The lowest BCUT2D eigenvalue weighted by Gasteiger charge is -2.28. The van der Waals surface area contributed by atoms with E-state index in [1.807, 2.05) is 19.0 Å². The van der Waals surface area contributed by atoms with Crippen molar-refractivity contribution in [1.29, 1.82) is 0 Å². The Kier molecular flexibility index (Phi) is 6.53. The van der Waals surface area contributed by atoms with Crippen LogP contribution in [0.1, 0.15) is 6.23 Å². The highest BCUT2D eigenvalue weighted by Crippen LogP contribution is 2.58. The first-order valence-electron chi connectivity index (χ1n) is 9.48. The van der Waals surface area contributed by atoms with Gasteiger partial charge in [0.25, 0.3) is 0 Å². The van der Waals surface area contributed by atoms with Gasteiger partial charge in [-0.05, 0) is 0 Å². The first-order valence-corrected chi connectivity index (χ1v) is 12.1. The number of hydrogen-bond acceptors (Lipinski definition) is 8. The maximum Gasteiger partial charge on any atom is 0.344 e. The van der Waals surface area contributed by atoms with Gasteiger partial charge in [-0.3, -0.25) is 13.7 Å². The molecular weight excluding hydrogens is 456 g/mol. The van der Waals surface area contributed by atoms with E-state index in [2.05, 4.69) is 20.0 Å². The summed E-state index contributed by atoms with van der Waals surface area (Å²) < 4.78 is 29.0. The SMILES string of the molecule is CN(C)c1ncnc2c1ncn2C1OC(CO)C2NP(=O)(N(CCCl)CCCl)OC21. The zero-order valence-corrected chi connectivity index (χ0v) is 19.0. The van der Waals surface area contributed by atoms with E-state index in [1.165, 1.54) is 6.33 Å². The van der Waals surface area contributed by atoms with Gasteiger partial charge in [-0.25, -0.2) is 24.7 Å². The van der Waals surface area contributed by atoms with Crippen LogP contribution in [0.25, 0.3) is 11.2 Å². The molecule has 0 aromatic carbocycles. The van der Waals surface area contributed by atoms with E-state index in [0.29, 0.717) is 30.1 Å². The van der Waals surface area contributed by atoms with Crippen molar-refractivity contribution in [3.63, 3.8) is 0 Å². The fourth-order valence-electron chi connectivity index (χ4n) is 3.84. The number of fused-ring (bicyclic) bond motifs is 2. The third kappa shape index (κ3) is 3.71. The van der Waals surface area contributed by atoms with Gasteiger partial charge in [-0.2, -0.15) is 0 Å². The molecule has 2 aliphatic heterocycles. The van der Waals surface area contributed by atoms with Gasteiger partial charge >= 0.3 is 7.67 Å². The molecule has 2 aromatic heterocycles. The fraction of sp³-hybridized carbons (Fsp3) is 0.688. The minimum absolute atomic E-state index is 0.260. The summed E-state index contributed by atoms with van der Waals surface area (Å²) in [6.45, 7) is 0.436. The first kappa shape index (κ1) is 22.2. The zero-order valence-electron chi connectivity index (χ0n) is 16.6. The topological polar surface area (TPSA) is 118 Å². The lowest BCUT2D eigenvalue weighted by molar-refractivity contribution is -0.0474. The maximum absolute atomic E-state index is 13.6. The van der Waals surface area contributed by atoms with Gasteiger partial charge in [-0.15, -0.1) is 23.2 Å². The summed E-state index contributed by atoms with van der Waals surface area (Å²) in [4.78, 5) is 14.9. The number of aromatic nitrogens is 4. The molecule has 4 rings (SSSR count). The van der Waals surface area contributed by atoms with Gasteiger partial charge in [0.1, 0.15) is 18.5 Å². The van der Waals surface area contributed by atoms with Crippen LogP contribution in [0.3, 0.4) is 0 Å². The molecule has 0 aliphatic carbocycles. The second-order valence-corrected chi connectivity index (χ2v) is 10.1. The van der Waals surface area contributed by atoms with Gasteiger partial charge < -0.3 is 14.7 Å². The highest BCUT2D eigenvalue weighted by Gasteiger charge is 2.57. The Labute approximate surface area is 183 Å². The van der Waals surface area contributed by atoms with E-state index in [-0.39, 0.29) is 18.4 Å². The standard InChI is InChI=1S/C16H24Cl2N7O4P/c1-23(2)14-12-15(20-8-19-14)25(9-21-12)16-13-11(10(7-26)28-16)22-30(27,29-13)24(5-3-17)6-4-18/h8-11,13,16,26H,3-7H2,1-2H3,(H,22,27). The Morgan fingerprint density at radius 3 is 2.63 bits per heavy atom. The van der Waals surface area contributed by atoms with Crippen molar-refractivity contribution in [2.45, 2.75) is 24.5 Å². The van der Waals surface area contributed by atoms with Gasteiger partial charge in [0.2, 0.25) is 0 Å². The minimum atomic E-state index is -3.42. The van der Waals surface area contributed by atoms with Crippen molar-refractivity contribution in [1.82, 2.24) is 29.3 Å². The number of nitrogens with one attached hydrogen (secondary N) is 1. The van der Waals surface area contributed by atoms with E-state index >= 15 is 0 Å². The van der Waals surface area contributed by atoms with Crippen molar-refractivity contribution in [3.8, 4) is 0 Å². The van der Waals surface area contributed by atoms with Crippen LogP contribution in [0.2, 0.25) is 0 Å². The summed E-state index contributed by atoms with van der Waals surface area (Å²) in [5, 5.41) is 12.9. The number of aliphatic hydroxyl groups is 1. The Hall–Kier alpha value is -1.04. The van der Waals surface area contributed by atoms with Crippen LogP contribution in [0, 0.1) is 0 Å². The second-order valence-electron chi connectivity index (χ2n) is 7.24. The maximum atomic E-state index is 13.6. The number of halogens is 2. The Morgan fingerprint density at radius 1 is 1.27 bits per heavy atom. The Balaban J connectivity index is 1.69. The summed E-state index contributed by atoms with van der Waals surface area (Å²) in [6, 6.07) is -0.480. The third-order valence-electron chi connectivity index (χ3n) is 5.20. The number of hydrogen-bond donors (Lipinski definition) is 2. The van der Waals surface area contributed by atoms with Crippen LogP contribution in [0.4, 0.5) is 5.82 Å². The Bertz CT molecular complexity index is 941. The highest BCUT2D eigenvalue weighted by molar-refractivity contribution is 7.54. The van der Waals surface area contributed by atoms with E-state index in [4.69, 9.17) is 32.5 Å². The minimum Gasteiger partial charge on any atom is -0.394 e. The van der Waals surface area contributed by atoms with Crippen molar-refractivity contribution in [2.75, 3.05) is 50.5 Å². The predicted octanol–water partition coefficient (Wildman–Crippen LogP) is 1.03. The average molecular weight is 480 g/mol. The van der Waals surface area contributed by atoms with Crippen molar-refractivity contribution in [3.05, 3.63) is 12.7 Å². The number of anilines is 1. The normalized spacial score (nSPS) is 31.0. The van der Waals surface area contributed by atoms with Crippen LogP contribution in [0.15, 0.2) is 12.7 Å². The molecule has 0 radical (unpaired) electrons. The third-order valence-corrected chi connectivity index (χ3v) is 7.84. The smallest absolute Gasteiger partial charge is 0.344 e. The predicted molar refractivity (Wildman–Crippen MR) is 113 cm³/mol. The molecule has 5 atom stereocenters. The molecule has 2 fully saturated rings. The van der Waals surface area contributed by atoms with E-state index < -0.39 is 32.1 Å². The number of imidazole rings is 1. The van der Waals surface area contributed by atoms with Crippen LogP contribution >= 0.6 is 30.9 Å². The van der Waals surface area contributed by atoms with Crippen molar-refractivity contribution < 1.29 is 18.9 Å². The molecule has 0 spiro atoms. The second kappa shape index (κ2) is 8.84. The van der Waals surface area contributed by atoms with Crippen LogP contribution in [0.5, 0.6) is 0 Å². The van der Waals surface area contributed by atoms with Crippen molar-refractivity contribution >= 4 is 47.9 Å². The molecule has 2 saturated heterocycles. The quantitative estimate of drug-likeness (QED) is 0.419. The summed E-state index contributed by atoms with van der Waals surface area (Å²) in [5.41, 5.74) is 1.16. The summed E-state index contributed by atoms with van der Waals surface area (Å²) in [7, 11) is 0.319. The molecule has 2 aromatic rings. The van der Waals surface area contributed by atoms with Gasteiger partial charge in [-0.1, -0.05) is 0 Å².